The molecular weight excluding hydrogens is 304 g/mol. The number of methoxy groups -OCH3 is 1. The molecule has 0 saturated heterocycles. The second kappa shape index (κ2) is 5.13. The number of pyridine rings is 1. The number of fused-ring (bicyclic) bond motifs is 2. The summed E-state index contributed by atoms with van der Waals surface area (Å²) in [5.41, 5.74) is 10.1. The van der Waals surface area contributed by atoms with E-state index in [4.69, 9.17) is 10.5 Å². The molecule has 0 fully saturated rings. The maximum atomic E-state index is 12.6. The van der Waals surface area contributed by atoms with Gasteiger partial charge in [-0.25, -0.2) is 4.98 Å². The molecule has 2 aromatic heterocycles. The monoisotopic (exact) mass is 320 g/mol. The number of H-pyrrole nitrogens is 2. The summed E-state index contributed by atoms with van der Waals surface area (Å²) in [7, 11) is 1.57. The molecule has 0 aliphatic carbocycles. The van der Waals surface area contributed by atoms with E-state index in [0.29, 0.717) is 33.7 Å². The summed E-state index contributed by atoms with van der Waals surface area (Å²) in [5, 5.41) is 0.672. The van der Waals surface area contributed by atoms with Crippen LogP contribution in [0.15, 0.2) is 41.2 Å². The molecule has 4 rings (SSSR count). The largest absolute Gasteiger partial charge is 0.496 e. The number of imidazole rings is 1. The number of nitrogens with one attached hydrogen (secondary N) is 2. The second-order valence-electron chi connectivity index (χ2n) is 5.73. The summed E-state index contributed by atoms with van der Waals surface area (Å²) in [6.45, 7) is 2.00. The van der Waals surface area contributed by atoms with Crippen LogP contribution in [-0.2, 0) is 0 Å². The van der Waals surface area contributed by atoms with Gasteiger partial charge in [0, 0.05) is 0 Å². The Balaban J connectivity index is 2.06. The van der Waals surface area contributed by atoms with Crippen LogP contribution >= 0.6 is 0 Å². The Morgan fingerprint density at radius 2 is 1.96 bits per heavy atom. The van der Waals surface area contributed by atoms with E-state index in [2.05, 4.69) is 15.0 Å². The number of aromatic nitrogens is 3. The lowest BCUT2D eigenvalue weighted by Crippen LogP contribution is -2.13. The molecule has 2 aromatic carbocycles. The number of benzene rings is 2. The van der Waals surface area contributed by atoms with Crippen molar-refractivity contribution in [3.8, 4) is 17.1 Å². The van der Waals surface area contributed by atoms with Crippen LogP contribution in [0, 0.1) is 6.92 Å². The first-order chi connectivity index (χ1) is 11.6. The number of nitrogen functional groups attached to an aromatic ring is 1. The van der Waals surface area contributed by atoms with Crippen molar-refractivity contribution in [1.29, 1.82) is 0 Å². The number of hydrogen-bond donors (Lipinski definition) is 3. The van der Waals surface area contributed by atoms with Crippen molar-refractivity contribution in [1.82, 2.24) is 15.0 Å². The van der Waals surface area contributed by atoms with Gasteiger partial charge in [-0.05, 0) is 36.8 Å². The predicted octanol–water partition coefficient (Wildman–Crippen LogP) is 2.97. The highest BCUT2D eigenvalue weighted by molar-refractivity contribution is 6.01. The zero-order chi connectivity index (χ0) is 16.8. The molecule has 6 heteroatoms. The van der Waals surface area contributed by atoms with Gasteiger partial charge < -0.3 is 20.4 Å². The molecule has 0 unspecified atom stereocenters. The number of nitrogens with zero attached hydrogens (tertiary/aromatic N) is 1. The van der Waals surface area contributed by atoms with E-state index in [1.807, 2.05) is 31.2 Å². The Bertz CT molecular complexity index is 1140. The fraction of sp³-hybridized carbons (Fsp3) is 0.111. The molecule has 4 aromatic rings. The van der Waals surface area contributed by atoms with Gasteiger partial charge in [-0.1, -0.05) is 12.1 Å². The molecule has 24 heavy (non-hydrogen) atoms. The number of rotatable bonds is 2. The van der Waals surface area contributed by atoms with Crippen LogP contribution in [0.1, 0.15) is 5.56 Å². The van der Waals surface area contributed by atoms with Gasteiger partial charge in [0.05, 0.1) is 34.7 Å². The van der Waals surface area contributed by atoms with Crippen LogP contribution < -0.4 is 16.0 Å². The Labute approximate surface area is 137 Å². The number of nitrogens with two attached hydrogens (primary N) is 1. The molecule has 4 N–H and O–H groups in total. The minimum Gasteiger partial charge on any atom is -0.496 e. The molecular formula is C18H16N4O2. The molecule has 120 valence electrons. The normalized spacial score (nSPS) is 11.2. The van der Waals surface area contributed by atoms with Crippen molar-refractivity contribution >= 4 is 27.6 Å². The number of aryl methyl sites for hydroxylation is 1. The smallest absolute Gasteiger partial charge is 0.261 e. The third-order valence-electron chi connectivity index (χ3n) is 4.14. The van der Waals surface area contributed by atoms with Crippen LogP contribution in [-0.4, -0.2) is 22.1 Å². The molecule has 0 radical (unpaired) electrons. The van der Waals surface area contributed by atoms with Gasteiger partial charge in [-0.3, -0.25) is 4.79 Å². The number of anilines is 1. The maximum Gasteiger partial charge on any atom is 0.261 e. The summed E-state index contributed by atoms with van der Waals surface area (Å²) in [4.78, 5) is 23.1. The van der Waals surface area contributed by atoms with Gasteiger partial charge in [0.15, 0.2) is 0 Å². The SMILES string of the molecule is COc1cccc2[nH]c(=O)c(-c3nc4cc(C)ccc4[nH]3)c(N)c12. The van der Waals surface area contributed by atoms with Crippen LogP contribution in [0.5, 0.6) is 5.75 Å². The highest BCUT2D eigenvalue weighted by Crippen LogP contribution is 2.33. The van der Waals surface area contributed by atoms with Crippen LogP contribution in [0.2, 0.25) is 0 Å². The quantitative estimate of drug-likeness (QED) is 0.529. The Morgan fingerprint density at radius 3 is 2.75 bits per heavy atom. The van der Waals surface area contributed by atoms with E-state index in [0.717, 1.165) is 16.6 Å². The molecule has 0 saturated carbocycles. The van der Waals surface area contributed by atoms with Crippen molar-refractivity contribution in [2.24, 2.45) is 0 Å². The second-order valence-corrected chi connectivity index (χ2v) is 5.73. The number of ether oxygens (including phenoxy) is 1. The zero-order valence-electron chi connectivity index (χ0n) is 13.3. The predicted molar refractivity (Wildman–Crippen MR) is 95.4 cm³/mol. The molecule has 0 spiro atoms. The lowest BCUT2D eigenvalue weighted by atomic mass is 10.1. The summed E-state index contributed by atoms with van der Waals surface area (Å²) in [5.74, 6) is 1.05. The zero-order valence-corrected chi connectivity index (χ0v) is 13.3. The van der Waals surface area contributed by atoms with Gasteiger partial charge in [-0.2, -0.15) is 0 Å². The molecule has 0 bridgehead atoms. The van der Waals surface area contributed by atoms with E-state index in [-0.39, 0.29) is 5.56 Å². The topological polar surface area (TPSA) is 96.8 Å². The Morgan fingerprint density at radius 1 is 1.12 bits per heavy atom. The van der Waals surface area contributed by atoms with Crippen molar-refractivity contribution < 1.29 is 4.74 Å². The average molecular weight is 320 g/mol. The van der Waals surface area contributed by atoms with E-state index >= 15 is 0 Å². The standard InChI is InChI=1S/C18H16N4O2/c1-9-6-7-10-12(8-9)21-17(20-10)15-16(19)14-11(22-18(15)23)4-3-5-13(14)24-2/h3-8H,1-2H3,(H,20,21)(H3,19,22,23). The molecule has 2 heterocycles. The van der Waals surface area contributed by atoms with Gasteiger partial charge in [0.25, 0.3) is 5.56 Å². The lowest BCUT2D eigenvalue weighted by molar-refractivity contribution is 0.420. The van der Waals surface area contributed by atoms with Gasteiger partial charge >= 0.3 is 0 Å². The summed E-state index contributed by atoms with van der Waals surface area (Å²) in [6, 6.07) is 11.3. The van der Waals surface area contributed by atoms with Crippen molar-refractivity contribution in [3.63, 3.8) is 0 Å². The van der Waals surface area contributed by atoms with Gasteiger partial charge in [0.2, 0.25) is 0 Å². The first kappa shape index (κ1) is 14.3. The first-order valence-corrected chi connectivity index (χ1v) is 7.53. The first-order valence-electron chi connectivity index (χ1n) is 7.53. The summed E-state index contributed by atoms with van der Waals surface area (Å²) >= 11 is 0. The highest BCUT2D eigenvalue weighted by atomic mass is 16.5. The lowest BCUT2D eigenvalue weighted by Gasteiger charge is -2.10. The minimum atomic E-state index is -0.288. The summed E-state index contributed by atoms with van der Waals surface area (Å²) < 4.78 is 5.38. The molecule has 6 nitrogen and oxygen atoms in total. The molecule has 0 aliphatic rings. The maximum absolute atomic E-state index is 12.6. The van der Waals surface area contributed by atoms with E-state index in [1.54, 1.807) is 19.2 Å². The Hall–Kier alpha value is -3.28. The van der Waals surface area contributed by atoms with E-state index in [9.17, 15) is 4.79 Å². The van der Waals surface area contributed by atoms with Crippen LogP contribution in [0.4, 0.5) is 5.69 Å². The number of aromatic amines is 2. The Kier molecular flexibility index (Phi) is 3.06. The molecule has 0 amide bonds. The minimum absolute atomic E-state index is 0.288. The average Bonchev–Trinajstić information content (AvgIpc) is 2.96. The third kappa shape index (κ3) is 2.04. The van der Waals surface area contributed by atoms with Gasteiger partial charge in [-0.15, -0.1) is 0 Å². The fourth-order valence-electron chi connectivity index (χ4n) is 2.98. The molecule has 0 aliphatic heterocycles. The van der Waals surface area contributed by atoms with E-state index in [1.165, 1.54) is 0 Å². The van der Waals surface area contributed by atoms with Crippen molar-refractivity contribution in [2.75, 3.05) is 12.8 Å². The van der Waals surface area contributed by atoms with Crippen molar-refractivity contribution in [3.05, 3.63) is 52.3 Å². The number of hydrogen-bond acceptors (Lipinski definition) is 4. The summed E-state index contributed by atoms with van der Waals surface area (Å²) in [6.07, 6.45) is 0. The highest BCUT2D eigenvalue weighted by Gasteiger charge is 2.18. The fourth-order valence-corrected chi connectivity index (χ4v) is 2.98. The molecule has 0 atom stereocenters. The third-order valence-corrected chi connectivity index (χ3v) is 4.14. The van der Waals surface area contributed by atoms with Crippen LogP contribution in [0.3, 0.4) is 0 Å². The van der Waals surface area contributed by atoms with Gasteiger partial charge in [0.1, 0.15) is 17.1 Å². The van der Waals surface area contributed by atoms with Crippen molar-refractivity contribution in [2.45, 2.75) is 6.92 Å². The van der Waals surface area contributed by atoms with E-state index < -0.39 is 0 Å². The van der Waals surface area contributed by atoms with Crippen LogP contribution in [0.25, 0.3) is 33.3 Å².